The highest BCUT2D eigenvalue weighted by Crippen LogP contribution is 2.15. The van der Waals surface area contributed by atoms with Crippen LogP contribution in [0, 0.1) is 13.8 Å². The van der Waals surface area contributed by atoms with Crippen molar-refractivity contribution in [3.63, 3.8) is 0 Å². The Morgan fingerprint density at radius 1 is 1.12 bits per heavy atom. The standard InChI is InChI=1S/C12H15N3S/c1-8-3-4-10(7-9(8)2)5-6-11-14-15-12(13)16-11/h3-4,7H,5-6H2,1-2H3,(H2,13,15). The molecule has 0 saturated heterocycles. The van der Waals surface area contributed by atoms with E-state index >= 15 is 0 Å². The lowest BCUT2D eigenvalue weighted by atomic mass is 10.0. The van der Waals surface area contributed by atoms with Crippen LogP contribution in [0.15, 0.2) is 18.2 Å². The van der Waals surface area contributed by atoms with Gasteiger partial charge in [0.2, 0.25) is 5.13 Å². The zero-order chi connectivity index (χ0) is 11.5. The third-order valence-electron chi connectivity index (χ3n) is 2.68. The molecule has 1 aromatic heterocycles. The quantitative estimate of drug-likeness (QED) is 0.886. The van der Waals surface area contributed by atoms with E-state index in [0.29, 0.717) is 5.13 Å². The Hall–Kier alpha value is -1.42. The minimum atomic E-state index is 0.551. The second-order valence-electron chi connectivity index (χ2n) is 3.95. The van der Waals surface area contributed by atoms with E-state index in [9.17, 15) is 0 Å². The molecular formula is C12H15N3S. The zero-order valence-electron chi connectivity index (χ0n) is 9.53. The van der Waals surface area contributed by atoms with E-state index in [0.717, 1.165) is 17.8 Å². The smallest absolute Gasteiger partial charge is 0.203 e. The summed E-state index contributed by atoms with van der Waals surface area (Å²) in [5, 5.41) is 9.38. The third-order valence-corrected chi connectivity index (χ3v) is 3.49. The molecule has 0 fully saturated rings. The van der Waals surface area contributed by atoms with Gasteiger partial charge in [0.15, 0.2) is 0 Å². The fourth-order valence-electron chi connectivity index (χ4n) is 1.58. The molecule has 1 aromatic carbocycles. The van der Waals surface area contributed by atoms with Crippen LogP contribution in [0.25, 0.3) is 0 Å². The minimum absolute atomic E-state index is 0.551. The van der Waals surface area contributed by atoms with Crippen molar-refractivity contribution in [3.05, 3.63) is 39.9 Å². The van der Waals surface area contributed by atoms with Crippen molar-refractivity contribution in [2.45, 2.75) is 26.7 Å². The minimum Gasteiger partial charge on any atom is -0.374 e. The third kappa shape index (κ3) is 2.58. The average Bonchev–Trinajstić information content (AvgIpc) is 2.66. The Morgan fingerprint density at radius 3 is 2.56 bits per heavy atom. The summed E-state index contributed by atoms with van der Waals surface area (Å²) in [7, 11) is 0. The second-order valence-corrected chi connectivity index (χ2v) is 5.05. The molecule has 0 bridgehead atoms. The fourth-order valence-corrected chi connectivity index (χ4v) is 2.19. The molecule has 0 saturated carbocycles. The van der Waals surface area contributed by atoms with Crippen LogP contribution >= 0.6 is 11.3 Å². The topological polar surface area (TPSA) is 51.8 Å². The van der Waals surface area contributed by atoms with Crippen molar-refractivity contribution in [2.75, 3.05) is 5.73 Å². The summed E-state index contributed by atoms with van der Waals surface area (Å²) in [6.07, 6.45) is 1.91. The Balaban J connectivity index is 2.02. The molecule has 0 amide bonds. The number of benzene rings is 1. The van der Waals surface area contributed by atoms with Gasteiger partial charge in [0, 0.05) is 6.42 Å². The number of hydrogen-bond acceptors (Lipinski definition) is 4. The van der Waals surface area contributed by atoms with E-state index in [1.807, 2.05) is 0 Å². The first-order valence-corrected chi connectivity index (χ1v) is 6.11. The summed E-state index contributed by atoms with van der Waals surface area (Å²) in [5.41, 5.74) is 9.56. The summed E-state index contributed by atoms with van der Waals surface area (Å²) >= 11 is 1.47. The van der Waals surface area contributed by atoms with Gasteiger partial charge >= 0.3 is 0 Å². The predicted octanol–water partition coefficient (Wildman–Crippen LogP) is 2.52. The van der Waals surface area contributed by atoms with E-state index < -0.39 is 0 Å². The molecule has 16 heavy (non-hydrogen) atoms. The van der Waals surface area contributed by atoms with Gasteiger partial charge in [0.1, 0.15) is 5.01 Å². The van der Waals surface area contributed by atoms with Crippen LogP contribution in [-0.4, -0.2) is 10.2 Å². The molecule has 84 valence electrons. The van der Waals surface area contributed by atoms with E-state index in [2.05, 4.69) is 42.2 Å². The number of aromatic nitrogens is 2. The van der Waals surface area contributed by atoms with Crippen LogP contribution in [0.5, 0.6) is 0 Å². The first-order chi connectivity index (χ1) is 7.65. The van der Waals surface area contributed by atoms with Gasteiger partial charge < -0.3 is 5.73 Å². The summed E-state index contributed by atoms with van der Waals surface area (Å²) in [4.78, 5) is 0. The van der Waals surface area contributed by atoms with Gasteiger partial charge in [-0.2, -0.15) is 0 Å². The van der Waals surface area contributed by atoms with E-state index in [4.69, 9.17) is 5.73 Å². The SMILES string of the molecule is Cc1ccc(CCc2nnc(N)s2)cc1C. The van der Waals surface area contributed by atoms with Gasteiger partial charge in [-0.1, -0.05) is 29.5 Å². The molecule has 1 heterocycles. The number of hydrogen-bond donors (Lipinski definition) is 1. The molecule has 2 N–H and O–H groups in total. The van der Waals surface area contributed by atoms with Crippen molar-refractivity contribution in [3.8, 4) is 0 Å². The van der Waals surface area contributed by atoms with Crippen LogP contribution in [-0.2, 0) is 12.8 Å². The predicted molar refractivity (Wildman–Crippen MR) is 67.6 cm³/mol. The van der Waals surface area contributed by atoms with Crippen molar-refractivity contribution >= 4 is 16.5 Å². The van der Waals surface area contributed by atoms with Crippen LogP contribution in [0.1, 0.15) is 21.7 Å². The molecule has 3 nitrogen and oxygen atoms in total. The number of rotatable bonds is 3. The monoisotopic (exact) mass is 233 g/mol. The zero-order valence-corrected chi connectivity index (χ0v) is 10.3. The maximum Gasteiger partial charge on any atom is 0.203 e. The number of aryl methyl sites for hydroxylation is 4. The molecule has 0 radical (unpaired) electrons. The number of nitrogens with zero attached hydrogens (tertiary/aromatic N) is 2. The Labute approximate surface area is 99.3 Å². The lowest BCUT2D eigenvalue weighted by molar-refractivity contribution is 0.904. The molecule has 2 aromatic rings. The van der Waals surface area contributed by atoms with Crippen molar-refractivity contribution in [1.82, 2.24) is 10.2 Å². The van der Waals surface area contributed by atoms with Gasteiger partial charge in [-0.25, -0.2) is 0 Å². The maximum absolute atomic E-state index is 5.54. The van der Waals surface area contributed by atoms with E-state index in [1.165, 1.54) is 28.0 Å². The number of nitrogen functional groups attached to an aromatic ring is 1. The van der Waals surface area contributed by atoms with Crippen LogP contribution in [0.3, 0.4) is 0 Å². The highest BCUT2D eigenvalue weighted by molar-refractivity contribution is 7.15. The first-order valence-electron chi connectivity index (χ1n) is 5.29. The number of nitrogens with two attached hydrogens (primary N) is 1. The summed E-state index contributed by atoms with van der Waals surface area (Å²) in [5.74, 6) is 0. The summed E-state index contributed by atoms with van der Waals surface area (Å²) in [6, 6.07) is 6.57. The summed E-state index contributed by atoms with van der Waals surface area (Å²) < 4.78 is 0. The van der Waals surface area contributed by atoms with E-state index in [-0.39, 0.29) is 0 Å². The van der Waals surface area contributed by atoms with Crippen molar-refractivity contribution in [2.24, 2.45) is 0 Å². The van der Waals surface area contributed by atoms with Crippen LogP contribution < -0.4 is 5.73 Å². The highest BCUT2D eigenvalue weighted by Gasteiger charge is 2.02. The fraction of sp³-hybridized carbons (Fsp3) is 0.333. The lowest BCUT2D eigenvalue weighted by Crippen LogP contribution is -1.92. The Bertz CT molecular complexity index is 491. The highest BCUT2D eigenvalue weighted by atomic mass is 32.1. The Kier molecular flexibility index (Phi) is 3.19. The van der Waals surface area contributed by atoms with Crippen LogP contribution in [0.2, 0.25) is 0 Å². The first kappa shape index (κ1) is 11.1. The largest absolute Gasteiger partial charge is 0.374 e. The molecular weight excluding hydrogens is 218 g/mol. The van der Waals surface area contributed by atoms with Gasteiger partial charge in [-0.05, 0) is 37.0 Å². The van der Waals surface area contributed by atoms with Crippen molar-refractivity contribution < 1.29 is 0 Å². The molecule has 2 rings (SSSR count). The average molecular weight is 233 g/mol. The number of anilines is 1. The normalized spacial score (nSPS) is 10.6. The maximum atomic E-state index is 5.54. The molecule has 4 heteroatoms. The van der Waals surface area contributed by atoms with Gasteiger partial charge in [-0.3, -0.25) is 0 Å². The van der Waals surface area contributed by atoms with E-state index in [1.54, 1.807) is 0 Å². The molecule has 0 spiro atoms. The molecule has 0 atom stereocenters. The van der Waals surface area contributed by atoms with Crippen molar-refractivity contribution in [1.29, 1.82) is 0 Å². The lowest BCUT2D eigenvalue weighted by Gasteiger charge is -2.03. The molecule has 0 aliphatic carbocycles. The molecule has 0 aliphatic rings. The molecule has 0 unspecified atom stereocenters. The second kappa shape index (κ2) is 4.61. The van der Waals surface area contributed by atoms with Gasteiger partial charge in [0.05, 0.1) is 0 Å². The van der Waals surface area contributed by atoms with Gasteiger partial charge in [0.25, 0.3) is 0 Å². The molecule has 0 aliphatic heterocycles. The van der Waals surface area contributed by atoms with Gasteiger partial charge in [-0.15, -0.1) is 10.2 Å². The van der Waals surface area contributed by atoms with Crippen LogP contribution in [0.4, 0.5) is 5.13 Å². The Morgan fingerprint density at radius 2 is 1.94 bits per heavy atom. The summed E-state index contributed by atoms with van der Waals surface area (Å²) in [6.45, 7) is 4.27.